The Morgan fingerprint density at radius 2 is 2.04 bits per heavy atom. The molecule has 1 heterocycles. The van der Waals surface area contributed by atoms with Crippen molar-refractivity contribution in [2.24, 2.45) is 4.99 Å². The monoisotopic (exact) mass is 431 g/mol. The molecule has 2 aromatic rings. The molecule has 0 amide bonds. The summed E-state index contributed by atoms with van der Waals surface area (Å²) < 4.78 is 51.1. The van der Waals surface area contributed by atoms with Gasteiger partial charge in [-0.15, -0.1) is 11.3 Å². The van der Waals surface area contributed by atoms with Crippen LogP contribution >= 0.6 is 11.3 Å². The second kappa shape index (κ2) is 9.94. The number of halogens is 2. The predicted octanol–water partition coefficient (Wildman–Crippen LogP) is 2.48. The Balaban J connectivity index is 2.01. The molecule has 2 atom stereocenters. The largest absolute Gasteiger partial charge is 0.390 e. The Morgan fingerprint density at radius 3 is 2.64 bits per heavy atom. The normalized spacial score (nSPS) is 14.5. The van der Waals surface area contributed by atoms with Crippen LogP contribution in [0.3, 0.4) is 0 Å². The smallest absolute Gasteiger partial charge is 0.191 e. The SMILES string of the molecule is CCNC(=NCC(O)CS(=O)(=O)c1cccs1)NC(C)c1ccc(F)c(F)c1. The molecule has 0 aliphatic rings. The third-order valence-corrected chi connectivity index (χ3v) is 7.10. The fourth-order valence-corrected chi connectivity index (χ4v) is 4.88. The van der Waals surface area contributed by atoms with Crippen LogP contribution in [0, 0.1) is 11.6 Å². The van der Waals surface area contributed by atoms with E-state index < -0.39 is 33.3 Å². The minimum atomic E-state index is -3.57. The number of benzene rings is 1. The molecule has 0 aliphatic carbocycles. The van der Waals surface area contributed by atoms with Gasteiger partial charge >= 0.3 is 0 Å². The molecular formula is C18H23F2N3O3S2. The van der Waals surface area contributed by atoms with Crippen LogP contribution in [0.1, 0.15) is 25.5 Å². The maximum absolute atomic E-state index is 13.4. The molecule has 154 valence electrons. The van der Waals surface area contributed by atoms with Crippen LogP contribution in [-0.2, 0) is 9.84 Å². The van der Waals surface area contributed by atoms with Crippen LogP contribution in [0.5, 0.6) is 0 Å². The summed E-state index contributed by atoms with van der Waals surface area (Å²) in [6.45, 7) is 3.98. The number of aliphatic hydroxyl groups excluding tert-OH is 1. The molecule has 0 spiro atoms. The lowest BCUT2D eigenvalue weighted by molar-refractivity contribution is 0.206. The zero-order valence-electron chi connectivity index (χ0n) is 15.5. The maximum atomic E-state index is 13.4. The lowest BCUT2D eigenvalue weighted by Crippen LogP contribution is -2.39. The number of nitrogens with one attached hydrogen (secondary N) is 2. The molecule has 1 aromatic carbocycles. The number of hydrogen-bond donors (Lipinski definition) is 3. The molecule has 0 bridgehead atoms. The van der Waals surface area contributed by atoms with Gasteiger partial charge in [-0.2, -0.15) is 0 Å². The van der Waals surface area contributed by atoms with Crippen LogP contribution in [-0.4, -0.2) is 44.4 Å². The molecule has 6 nitrogen and oxygen atoms in total. The van der Waals surface area contributed by atoms with E-state index in [0.717, 1.165) is 23.5 Å². The van der Waals surface area contributed by atoms with Crippen molar-refractivity contribution in [3.8, 4) is 0 Å². The molecule has 0 aliphatic heterocycles. The van der Waals surface area contributed by atoms with E-state index in [4.69, 9.17) is 0 Å². The summed E-state index contributed by atoms with van der Waals surface area (Å²) in [6.07, 6.45) is -1.18. The topological polar surface area (TPSA) is 90.8 Å². The quantitative estimate of drug-likeness (QED) is 0.441. The van der Waals surface area contributed by atoms with Crippen molar-refractivity contribution in [2.75, 3.05) is 18.8 Å². The van der Waals surface area contributed by atoms with Crippen molar-refractivity contribution in [3.63, 3.8) is 0 Å². The summed E-state index contributed by atoms with van der Waals surface area (Å²) in [4.78, 5) is 4.20. The molecule has 0 radical (unpaired) electrons. The number of hydrogen-bond acceptors (Lipinski definition) is 5. The van der Waals surface area contributed by atoms with Crippen LogP contribution in [0.25, 0.3) is 0 Å². The van der Waals surface area contributed by atoms with Gasteiger partial charge in [-0.1, -0.05) is 12.1 Å². The third-order valence-electron chi connectivity index (χ3n) is 3.81. The summed E-state index contributed by atoms with van der Waals surface area (Å²) >= 11 is 1.10. The summed E-state index contributed by atoms with van der Waals surface area (Å²) in [7, 11) is -3.57. The average Bonchev–Trinajstić information content (AvgIpc) is 3.17. The van der Waals surface area contributed by atoms with Gasteiger partial charge < -0.3 is 15.7 Å². The highest BCUT2D eigenvalue weighted by Crippen LogP contribution is 2.18. The van der Waals surface area contributed by atoms with Crippen molar-refractivity contribution in [1.29, 1.82) is 0 Å². The number of aliphatic imine (C=N–C) groups is 1. The number of aliphatic hydroxyl groups is 1. The Labute approximate surface area is 167 Å². The van der Waals surface area contributed by atoms with E-state index in [1.54, 1.807) is 18.4 Å². The molecule has 2 rings (SSSR count). The van der Waals surface area contributed by atoms with Gasteiger partial charge in [0.2, 0.25) is 0 Å². The van der Waals surface area contributed by atoms with Crippen LogP contribution in [0.15, 0.2) is 44.9 Å². The van der Waals surface area contributed by atoms with Crippen LogP contribution < -0.4 is 10.6 Å². The van der Waals surface area contributed by atoms with E-state index >= 15 is 0 Å². The number of thiophene rings is 1. The molecule has 1 aromatic heterocycles. The molecule has 10 heteroatoms. The standard InChI is InChI=1S/C18H23F2N3O3S2/c1-3-21-18(23-12(2)13-6-7-15(19)16(20)9-13)22-10-14(24)11-28(25,26)17-5-4-8-27-17/h4-9,12,14,24H,3,10-11H2,1-2H3,(H2,21,22,23). The van der Waals surface area contributed by atoms with Gasteiger partial charge in [0.15, 0.2) is 27.4 Å². The molecule has 3 N–H and O–H groups in total. The Morgan fingerprint density at radius 1 is 1.29 bits per heavy atom. The number of sulfone groups is 1. The fraction of sp³-hybridized carbons (Fsp3) is 0.389. The maximum Gasteiger partial charge on any atom is 0.191 e. The van der Waals surface area contributed by atoms with E-state index in [2.05, 4.69) is 15.6 Å². The van der Waals surface area contributed by atoms with Crippen molar-refractivity contribution in [3.05, 3.63) is 52.9 Å². The summed E-state index contributed by atoms with van der Waals surface area (Å²) in [5, 5.41) is 17.7. The first kappa shape index (κ1) is 22.3. The first-order valence-electron chi connectivity index (χ1n) is 8.67. The van der Waals surface area contributed by atoms with E-state index in [9.17, 15) is 22.3 Å². The summed E-state index contributed by atoms with van der Waals surface area (Å²) in [5.41, 5.74) is 0.519. The highest BCUT2D eigenvalue weighted by atomic mass is 32.2. The predicted molar refractivity (Wildman–Crippen MR) is 106 cm³/mol. The van der Waals surface area contributed by atoms with E-state index in [1.165, 1.54) is 12.1 Å². The minimum Gasteiger partial charge on any atom is -0.390 e. The lowest BCUT2D eigenvalue weighted by Gasteiger charge is -2.19. The highest BCUT2D eigenvalue weighted by Gasteiger charge is 2.21. The van der Waals surface area contributed by atoms with Gasteiger partial charge in [0, 0.05) is 6.54 Å². The van der Waals surface area contributed by atoms with Crippen molar-refractivity contribution >= 4 is 27.1 Å². The van der Waals surface area contributed by atoms with Gasteiger partial charge in [-0.25, -0.2) is 17.2 Å². The van der Waals surface area contributed by atoms with Gasteiger partial charge in [0.05, 0.1) is 24.4 Å². The Kier molecular flexibility index (Phi) is 7.90. The summed E-state index contributed by atoms with van der Waals surface area (Å²) in [6, 6.07) is 6.34. The van der Waals surface area contributed by atoms with Crippen LogP contribution in [0.2, 0.25) is 0 Å². The van der Waals surface area contributed by atoms with E-state index in [1.807, 2.05) is 6.92 Å². The number of nitrogens with zero attached hydrogens (tertiary/aromatic N) is 1. The molecule has 0 fully saturated rings. The number of rotatable bonds is 8. The average molecular weight is 432 g/mol. The van der Waals surface area contributed by atoms with Crippen molar-refractivity contribution < 1.29 is 22.3 Å². The van der Waals surface area contributed by atoms with Gasteiger partial charge in [-0.3, -0.25) is 4.99 Å². The zero-order valence-corrected chi connectivity index (χ0v) is 17.2. The summed E-state index contributed by atoms with van der Waals surface area (Å²) in [5.74, 6) is -1.98. The second-order valence-corrected chi connectivity index (χ2v) is 9.34. The highest BCUT2D eigenvalue weighted by molar-refractivity contribution is 7.93. The molecular weight excluding hydrogens is 408 g/mol. The second-order valence-electron chi connectivity index (χ2n) is 6.13. The van der Waals surface area contributed by atoms with Gasteiger partial charge in [-0.05, 0) is 43.0 Å². The van der Waals surface area contributed by atoms with Crippen molar-refractivity contribution in [2.45, 2.75) is 30.2 Å². The van der Waals surface area contributed by atoms with E-state index in [0.29, 0.717) is 18.1 Å². The first-order chi connectivity index (χ1) is 13.2. The lowest BCUT2D eigenvalue weighted by atomic mass is 10.1. The zero-order chi connectivity index (χ0) is 20.7. The van der Waals surface area contributed by atoms with Crippen LogP contribution in [0.4, 0.5) is 8.78 Å². The molecule has 0 saturated carbocycles. The van der Waals surface area contributed by atoms with Gasteiger partial charge in [0.25, 0.3) is 0 Å². The Hall–Kier alpha value is -2.04. The first-order valence-corrected chi connectivity index (χ1v) is 11.2. The van der Waals surface area contributed by atoms with Gasteiger partial charge in [0.1, 0.15) is 4.21 Å². The molecule has 28 heavy (non-hydrogen) atoms. The fourth-order valence-electron chi connectivity index (χ4n) is 2.42. The van der Waals surface area contributed by atoms with E-state index in [-0.39, 0.29) is 16.8 Å². The van der Waals surface area contributed by atoms with Crippen molar-refractivity contribution in [1.82, 2.24) is 10.6 Å². The molecule has 2 unspecified atom stereocenters. The molecule has 0 saturated heterocycles. The third kappa shape index (κ3) is 6.25. The Bertz CT molecular complexity index is 903. The number of guanidine groups is 1. The minimum absolute atomic E-state index is 0.134.